The minimum atomic E-state index is -0.263. The van der Waals surface area contributed by atoms with E-state index in [2.05, 4.69) is 15.9 Å². The van der Waals surface area contributed by atoms with Gasteiger partial charge >= 0.3 is 6.09 Å². The molecule has 1 aliphatic rings. The third-order valence-electron chi connectivity index (χ3n) is 2.23. The van der Waals surface area contributed by atoms with Crippen LogP contribution in [0.4, 0.5) is 10.5 Å². The Labute approximate surface area is 90.8 Å². The van der Waals surface area contributed by atoms with Gasteiger partial charge in [0, 0.05) is 10.2 Å². The molecule has 0 atom stereocenters. The lowest BCUT2D eigenvalue weighted by atomic mass is 10.2. The van der Waals surface area contributed by atoms with Crippen molar-refractivity contribution in [2.75, 3.05) is 18.1 Å². The van der Waals surface area contributed by atoms with Crippen LogP contribution in [0.1, 0.15) is 5.56 Å². The number of hydrogen-bond acceptors (Lipinski definition) is 2. The van der Waals surface area contributed by atoms with Crippen LogP contribution in [0, 0.1) is 6.92 Å². The van der Waals surface area contributed by atoms with Crippen molar-refractivity contribution < 1.29 is 9.53 Å². The molecule has 0 aliphatic carbocycles. The van der Waals surface area contributed by atoms with Crippen molar-refractivity contribution in [2.24, 2.45) is 0 Å². The van der Waals surface area contributed by atoms with Gasteiger partial charge in [-0.3, -0.25) is 4.90 Å². The highest BCUT2D eigenvalue weighted by atomic mass is 79.9. The second-order valence-electron chi connectivity index (χ2n) is 3.20. The molecule has 2 rings (SSSR count). The third-order valence-corrected chi connectivity index (χ3v) is 3.08. The highest BCUT2D eigenvalue weighted by Crippen LogP contribution is 2.25. The van der Waals surface area contributed by atoms with Crippen molar-refractivity contribution in [3.63, 3.8) is 0 Å². The molecule has 0 spiro atoms. The summed E-state index contributed by atoms with van der Waals surface area (Å²) >= 11 is 3.43. The zero-order valence-corrected chi connectivity index (χ0v) is 9.37. The van der Waals surface area contributed by atoms with Gasteiger partial charge in [0.1, 0.15) is 6.61 Å². The van der Waals surface area contributed by atoms with Crippen LogP contribution >= 0.6 is 15.9 Å². The molecule has 0 unspecified atom stereocenters. The number of aryl methyl sites for hydroxylation is 1. The Morgan fingerprint density at radius 2 is 2.29 bits per heavy atom. The number of amides is 1. The summed E-state index contributed by atoms with van der Waals surface area (Å²) in [6.07, 6.45) is -0.263. The molecule has 1 aliphatic heterocycles. The van der Waals surface area contributed by atoms with Gasteiger partial charge in [0.25, 0.3) is 0 Å². The molecule has 0 radical (unpaired) electrons. The van der Waals surface area contributed by atoms with E-state index in [0.29, 0.717) is 13.2 Å². The molecule has 0 saturated carbocycles. The number of hydrogen-bond donors (Lipinski definition) is 0. The molecular weight excluding hydrogens is 246 g/mol. The SMILES string of the molecule is Cc1ccc(N2CCOC2=O)cc1Br. The monoisotopic (exact) mass is 255 g/mol. The minimum absolute atomic E-state index is 0.263. The molecule has 1 aromatic carbocycles. The van der Waals surface area contributed by atoms with E-state index in [1.807, 2.05) is 25.1 Å². The molecule has 1 amide bonds. The van der Waals surface area contributed by atoms with Crippen molar-refractivity contribution in [1.82, 2.24) is 0 Å². The summed E-state index contributed by atoms with van der Waals surface area (Å²) in [5.74, 6) is 0. The lowest BCUT2D eigenvalue weighted by Crippen LogP contribution is -2.23. The largest absolute Gasteiger partial charge is 0.447 e. The van der Waals surface area contributed by atoms with Crippen LogP contribution < -0.4 is 4.90 Å². The lowest BCUT2D eigenvalue weighted by Gasteiger charge is -2.13. The van der Waals surface area contributed by atoms with Gasteiger partial charge in [-0.15, -0.1) is 0 Å². The summed E-state index contributed by atoms with van der Waals surface area (Å²) in [4.78, 5) is 12.9. The van der Waals surface area contributed by atoms with Crippen LogP contribution in [0.25, 0.3) is 0 Å². The second-order valence-corrected chi connectivity index (χ2v) is 4.05. The third kappa shape index (κ3) is 1.62. The Hall–Kier alpha value is -1.03. The number of carbonyl (C=O) groups is 1. The van der Waals surface area contributed by atoms with Crippen LogP contribution in [0.3, 0.4) is 0 Å². The van der Waals surface area contributed by atoms with Crippen molar-refractivity contribution in [3.8, 4) is 0 Å². The Balaban J connectivity index is 2.32. The van der Waals surface area contributed by atoms with Gasteiger partial charge in [0.15, 0.2) is 0 Å². The first-order chi connectivity index (χ1) is 6.68. The highest BCUT2D eigenvalue weighted by molar-refractivity contribution is 9.10. The van der Waals surface area contributed by atoms with Gasteiger partial charge < -0.3 is 4.74 Å². The topological polar surface area (TPSA) is 29.5 Å². The highest BCUT2D eigenvalue weighted by Gasteiger charge is 2.23. The first-order valence-electron chi connectivity index (χ1n) is 4.39. The number of halogens is 1. The minimum Gasteiger partial charge on any atom is -0.447 e. The van der Waals surface area contributed by atoms with Crippen molar-refractivity contribution in [1.29, 1.82) is 0 Å². The summed E-state index contributed by atoms with van der Waals surface area (Å²) in [7, 11) is 0. The van der Waals surface area contributed by atoms with E-state index in [4.69, 9.17) is 4.74 Å². The Kier molecular flexibility index (Phi) is 2.46. The zero-order chi connectivity index (χ0) is 10.1. The van der Waals surface area contributed by atoms with Gasteiger partial charge in [-0.05, 0) is 24.6 Å². The Morgan fingerprint density at radius 1 is 1.50 bits per heavy atom. The maximum atomic E-state index is 11.3. The Bertz CT molecular complexity index is 378. The van der Waals surface area contributed by atoms with E-state index in [0.717, 1.165) is 15.7 Å². The summed E-state index contributed by atoms with van der Waals surface area (Å²) in [6, 6.07) is 5.83. The van der Waals surface area contributed by atoms with Crippen LogP contribution in [0.15, 0.2) is 22.7 Å². The van der Waals surface area contributed by atoms with Crippen molar-refractivity contribution in [3.05, 3.63) is 28.2 Å². The molecule has 74 valence electrons. The van der Waals surface area contributed by atoms with Gasteiger partial charge in [-0.25, -0.2) is 4.79 Å². The molecule has 4 heteroatoms. The zero-order valence-electron chi connectivity index (χ0n) is 7.79. The maximum absolute atomic E-state index is 11.3. The number of cyclic esters (lactones) is 1. The quantitative estimate of drug-likeness (QED) is 0.773. The standard InChI is InChI=1S/C10H10BrNO2/c1-7-2-3-8(6-9(7)11)12-4-5-14-10(12)13/h2-3,6H,4-5H2,1H3. The fourth-order valence-electron chi connectivity index (χ4n) is 1.38. The number of carbonyl (C=O) groups excluding carboxylic acids is 1. The summed E-state index contributed by atoms with van der Waals surface area (Å²) < 4.78 is 5.87. The van der Waals surface area contributed by atoms with Crippen LogP contribution in [-0.4, -0.2) is 19.2 Å². The fraction of sp³-hybridized carbons (Fsp3) is 0.300. The normalized spacial score (nSPS) is 15.9. The summed E-state index contributed by atoms with van der Waals surface area (Å²) in [6.45, 7) is 3.12. The fourth-order valence-corrected chi connectivity index (χ4v) is 1.74. The number of rotatable bonds is 1. The first kappa shape index (κ1) is 9.52. The van der Waals surface area contributed by atoms with Gasteiger partial charge in [-0.1, -0.05) is 22.0 Å². The molecule has 14 heavy (non-hydrogen) atoms. The molecule has 1 fully saturated rings. The second kappa shape index (κ2) is 3.61. The molecule has 0 bridgehead atoms. The van der Waals surface area contributed by atoms with Crippen molar-refractivity contribution in [2.45, 2.75) is 6.92 Å². The molecule has 1 aromatic rings. The number of nitrogens with zero attached hydrogens (tertiary/aromatic N) is 1. The maximum Gasteiger partial charge on any atom is 0.414 e. The van der Waals surface area contributed by atoms with Gasteiger partial charge in [0.2, 0.25) is 0 Å². The smallest absolute Gasteiger partial charge is 0.414 e. The van der Waals surface area contributed by atoms with Crippen LogP contribution in [-0.2, 0) is 4.74 Å². The summed E-state index contributed by atoms with van der Waals surface area (Å²) in [5.41, 5.74) is 2.03. The molecule has 1 heterocycles. The van der Waals surface area contributed by atoms with Crippen LogP contribution in [0.2, 0.25) is 0 Å². The summed E-state index contributed by atoms with van der Waals surface area (Å²) in [5, 5.41) is 0. The van der Waals surface area contributed by atoms with E-state index in [-0.39, 0.29) is 6.09 Å². The molecule has 1 saturated heterocycles. The van der Waals surface area contributed by atoms with Crippen molar-refractivity contribution >= 4 is 27.7 Å². The predicted octanol–water partition coefficient (Wildman–Crippen LogP) is 2.71. The van der Waals surface area contributed by atoms with Gasteiger partial charge in [0.05, 0.1) is 6.54 Å². The number of benzene rings is 1. The average Bonchev–Trinajstić information content (AvgIpc) is 2.57. The average molecular weight is 256 g/mol. The molecular formula is C10H10BrNO2. The van der Waals surface area contributed by atoms with E-state index >= 15 is 0 Å². The van der Waals surface area contributed by atoms with E-state index in [9.17, 15) is 4.79 Å². The lowest BCUT2D eigenvalue weighted by molar-refractivity contribution is 0.181. The van der Waals surface area contributed by atoms with Crippen LogP contribution in [0.5, 0.6) is 0 Å². The molecule has 3 nitrogen and oxygen atoms in total. The van der Waals surface area contributed by atoms with E-state index < -0.39 is 0 Å². The van der Waals surface area contributed by atoms with E-state index in [1.165, 1.54) is 0 Å². The van der Waals surface area contributed by atoms with Gasteiger partial charge in [-0.2, -0.15) is 0 Å². The predicted molar refractivity (Wildman–Crippen MR) is 57.6 cm³/mol. The first-order valence-corrected chi connectivity index (χ1v) is 5.18. The molecule has 0 N–H and O–H groups in total. The van der Waals surface area contributed by atoms with E-state index in [1.54, 1.807) is 4.90 Å². The molecule has 0 aromatic heterocycles. The number of ether oxygens (including phenoxy) is 1. The number of anilines is 1. The Morgan fingerprint density at radius 3 is 2.86 bits per heavy atom.